The standard InChI is InChI=1S/C12H18N2.ClH/c13-12(10-4-2-1-3-5-10)11-6-8-14-9-7-11;/h6-10,12H,1-5,13H2;1H. The number of nitrogens with zero attached hydrogens (tertiary/aromatic N) is 1. The zero-order valence-corrected chi connectivity index (χ0v) is 9.75. The van der Waals surface area contributed by atoms with Gasteiger partial charge in [-0.15, -0.1) is 12.4 Å². The summed E-state index contributed by atoms with van der Waals surface area (Å²) in [4.78, 5) is 4.02. The maximum Gasteiger partial charge on any atom is 0.0324 e. The third kappa shape index (κ3) is 3.18. The van der Waals surface area contributed by atoms with Crippen molar-refractivity contribution in [2.24, 2.45) is 11.7 Å². The maximum absolute atomic E-state index is 6.24. The molecule has 1 aliphatic rings. The first kappa shape index (κ1) is 12.5. The van der Waals surface area contributed by atoms with Crippen LogP contribution in [0.4, 0.5) is 0 Å². The molecule has 15 heavy (non-hydrogen) atoms. The lowest BCUT2D eigenvalue weighted by molar-refractivity contribution is 0.308. The molecule has 1 aromatic heterocycles. The summed E-state index contributed by atoms with van der Waals surface area (Å²) in [7, 11) is 0. The van der Waals surface area contributed by atoms with E-state index in [0.29, 0.717) is 5.92 Å². The monoisotopic (exact) mass is 226 g/mol. The van der Waals surface area contributed by atoms with E-state index in [1.54, 1.807) is 0 Å². The molecule has 0 radical (unpaired) electrons. The van der Waals surface area contributed by atoms with Crippen LogP contribution in [0.15, 0.2) is 24.5 Å². The van der Waals surface area contributed by atoms with Gasteiger partial charge in [0.15, 0.2) is 0 Å². The minimum absolute atomic E-state index is 0. The third-order valence-corrected chi connectivity index (χ3v) is 3.25. The molecule has 0 bridgehead atoms. The second kappa shape index (κ2) is 6.09. The molecule has 1 saturated carbocycles. The van der Waals surface area contributed by atoms with Crippen molar-refractivity contribution in [2.45, 2.75) is 38.1 Å². The summed E-state index contributed by atoms with van der Waals surface area (Å²) >= 11 is 0. The van der Waals surface area contributed by atoms with E-state index in [1.165, 1.54) is 37.7 Å². The van der Waals surface area contributed by atoms with E-state index in [4.69, 9.17) is 5.73 Å². The van der Waals surface area contributed by atoms with Gasteiger partial charge in [0.2, 0.25) is 0 Å². The minimum Gasteiger partial charge on any atom is -0.324 e. The lowest BCUT2D eigenvalue weighted by Gasteiger charge is -2.27. The van der Waals surface area contributed by atoms with Gasteiger partial charge < -0.3 is 5.73 Å². The number of pyridine rings is 1. The molecule has 2 N–H and O–H groups in total. The van der Waals surface area contributed by atoms with Gasteiger partial charge in [-0.2, -0.15) is 0 Å². The van der Waals surface area contributed by atoms with E-state index >= 15 is 0 Å². The molecule has 84 valence electrons. The van der Waals surface area contributed by atoms with Crippen molar-refractivity contribution in [2.75, 3.05) is 0 Å². The Bertz CT molecular complexity index is 270. The lowest BCUT2D eigenvalue weighted by atomic mass is 9.82. The van der Waals surface area contributed by atoms with Gasteiger partial charge in [0.05, 0.1) is 0 Å². The van der Waals surface area contributed by atoms with E-state index < -0.39 is 0 Å². The molecule has 0 aliphatic heterocycles. The van der Waals surface area contributed by atoms with Crippen LogP contribution in [0.2, 0.25) is 0 Å². The van der Waals surface area contributed by atoms with Crippen molar-refractivity contribution in [1.29, 1.82) is 0 Å². The highest BCUT2D eigenvalue weighted by molar-refractivity contribution is 5.85. The van der Waals surface area contributed by atoms with Crippen molar-refractivity contribution in [3.05, 3.63) is 30.1 Å². The van der Waals surface area contributed by atoms with Crippen LogP contribution in [0.1, 0.15) is 43.7 Å². The van der Waals surface area contributed by atoms with Crippen LogP contribution in [-0.2, 0) is 0 Å². The highest BCUT2D eigenvalue weighted by Gasteiger charge is 2.21. The first-order chi connectivity index (χ1) is 6.88. The molecule has 0 amide bonds. The summed E-state index contributed by atoms with van der Waals surface area (Å²) in [6.07, 6.45) is 10.3. The van der Waals surface area contributed by atoms with E-state index in [0.717, 1.165) is 0 Å². The Labute approximate surface area is 97.7 Å². The second-order valence-electron chi connectivity index (χ2n) is 4.20. The summed E-state index contributed by atoms with van der Waals surface area (Å²) in [5, 5.41) is 0. The zero-order chi connectivity index (χ0) is 9.80. The molecule has 1 fully saturated rings. The van der Waals surface area contributed by atoms with Crippen LogP contribution in [0.5, 0.6) is 0 Å². The largest absolute Gasteiger partial charge is 0.324 e. The van der Waals surface area contributed by atoms with Gasteiger partial charge >= 0.3 is 0 Å². The molecule has 2 nitrogen and oxygen atoms in total. The quantitative estimate of drug-likeness (QED) is 0.842. The summed E-state index contributed by atoms with van der Waals surface area (Å²) in [5.74, 6) is 0.686. The molecule has 1 heterocycles. The summed E-state index contributed by atoms with van der Waals surface area (Å²) in [6, 6.07) is 4.30. The number of rotatable bonds is 2. The Kier molecular flexibility index (Phi) is 5.06. The van der Waals surface area contributed by atoms with E-state index in [-0.39, 0.29) is 18.4 Å². The van der Waals surface area contributed by atoms with Gasteiger partial charge in [0, 0.05) is 18.4 Å². The highest BCUT2D eigenvalue weighted by atomic mass is 35.5. The number of hydrogen-bond acceptors (Lipinski definition) is 2. The van der Waals surface area contributed by atoms with Crippen LogP contribution in [0, 0.1) is 5.92 Å². The van der Waals surface area contributed by atoms with Crippen molar-refractivity contribution < 1.29 is 0 Å². The summed E-state index contributed by atoms with van der Waals surface area (Å²) < 4.78 is 0. The van der Waals surface area contributed by atoms with Gasteiger partial charge in [-0.3, -0.25) is 4.98 Å². The number of halogens is 1. The average Bonchev–Trinajstić information content (AvgIpc) is 2.30. The fourth-order valence-electron chi connectivity index (χ4n) is 2.35. The fraction of sp³-hybridized carbons (Fsp3) is 0.583. The Morgan fingerprint density at radius 2 is 1.73 bits per heavy atom. The molecule has 1 unspecified atom stereocenters. The highest BCUT2D eigenvalue weighted by Crippen LogP contribution is 2.32. The molecule has 0 saturated heterocycles. The predicted octanol–water partition coefficient (Wildman–Crippen LogP) is 3.08. The Morgan fingerprint density at radius 3 is 2.33 bits per heavy atom. The molecule has 1 aromatic rings. The summed E-state index contributed by atoms with van der Waals surface area (Å²) in [5.41, 5.74) is 7.48. The molecule has 1 atom stereocenters. The minimum atomic E-state index is 0. The predicted molar refractivity (Wildman–Crippen MR) is 65.0 cm³/mol. The Morgan fingerprint density at radius 1 is 1.13 bits per heavy atom. The maximum atomic E-state index is 6.24. The first-order valence-electron chi connectivity index (χ1n) is 5.53. The van der Waals surface area contributed by atoms with Crippen molar-refractivity contribution in [1.82, 2.24) is 4.98 Å². The van der Waals surface area contributed by atoms with Crippen LogP contribution in [-0.4, -0.2) is 4.98 Å². The van der Waals surface area contributed by atoms with Crippen LogP contribution < -0.4 is 5.73 Å². The van der Waals surface area contributed by atoms with Crippen LogP contribution in [0.3, 0.4) is 0 Å². The molecular formula is C12H19ClN2. The molecule has 0 aromatic carbocycles. The van der Waals surface area contributed by atoms with Gasteiger partial charge in [-0.05, 0) is 36.5 Å². The first-order valence-corrected chi connectivity index (χ1v) is 5.53. The normalized spacial score (nSPS) is 19.3. The molecule has 0 spiro atoms. The second-order valence-corrected chi connectivity index (χ2v) is 4.20. The third-order valence-electron chi connectivity index (χ3n) is 3.25. The van der Waals surface area contributed by atoms with Crippen molar-refractivity contribution >= 4 is 12.4 Å². The average molecular weight is 227 g/mol. The molecule has 3 heteroatoms. The fourth-order valence-corrected chi connectivity index (χ4v) is 2.35. The topological polar surface area (TPSA) is 38.9 Å². The Balaban J connectivity index is 0.00000112. The van der Waals surface area contributed by atoms with E-state index in [9.17, 15) is 0 Å². The smallest absolute Gasteiger partial charge is 0.0324 e. The van der Waals surface area contributed by atoms with Gasteiger partial charge in [-0.1, -0.05) is 19.3 Å². The van der Waals surface area contributed by atoms with Gasteiger partial charge in [0.25, 0.3) is 0 Å². The number of aromatic nitrogens is 1. The zero-order valence-electron chi connectivity index (χ0n) is 8.93. The van der Waals surface area contributed by atoms with Gasteiger partial charge in [-0.25, -0.2) is 0 Å². The van der Waals surface area contributed by atoms with Crippen LogP contribution >= 0.6 is 12.4 Å². The molecule has 1 aliphatic carbocycles. The SMILES string of the molecule is Cl.NC(c1ccncc1)C1CCCCC1. The van der Waals surface area contributed by atoms with Gasteiger partial charge in [0.1, 0.15) is 0 Å². The lowest BCUT2D eigenvalue weighted by Crippen LogP contribution is -2.23. The molecule has 2 rings (SSSR count). The van der Waals surface area contributed by atoms with Crippen molar-refractivity contribution in [3.63, 3.8) is 0 Å². The van der Waals surface area contributed by atoms with E-state index in [1.807, 2.05) is 24.5 Å². The number of nitrogens with two attached hydrogens (primary N) is 1. The summed E-state index contributed by atoms with van der Waals surface area (Å²) in [6.45, 7) is 0. The number of hydrogen-bond donors (Lipinski definition) is 1. The van der Waals surface area contributed by atoms with Crippen molar-refractivity contribution in [3.8, 4) is 0 Å². The Hall–Kier alpha value is -0.600. The van der Waals surface area contributed by atoms with E-state index in [2.05, 4.69) is 4.98 Å². The van der Waals surface area contributed by atoms with Crippen LogP contribution in [0.25, 0.3) is 0 Å². The molecular weight excluding hydrogens is 208 g/mol.